The van der Waals surface area contributed by atoms with Gasteiger partial charge in [-0.05, 0) is 67.3 Å². The van der Waals surface area contributed by atoms with E-state index in [2.05, 4.69) is 36.7 Å². The highest BCUT2D eigenvalue weighted by Gasteiger charge is 2.56. The Balaban J connectivity index is 1.66. The van der Waals surface area contributed by atoms with Crippen LogP contribution in [0.25, 0.3) is 11.0 Å². The molecule has 2 atom stereocenters. The maximum atomic E-state index is 9.63. The number of nitriles is 1. The Morgan fingerprint density at radius 2 is 2.07 bits per heavy atom. The molecule has 1 unspecified atom stereocenters. The average Bonchev–Trinajstić information content (AvgIpc) is 3.18. The minimum Gasteiger partial charge on any atom is -0.376 e. The van der Waals surface area contributed by atoms with Crippen molar-refractivity contribution in [3.63, 3.8) is 0 Å². The maximum absolute atomic E-state index is 9.63. The maximum Gasteiger partial charge on any atom is 0.113 e. The number of nitrogens with zero attached hydrogens (tertiary/aromatic N) is 3. The average molecular weight is 379 g/mol. The van der Waals surface area contributed by atoms with E-state index in [-0.39, 0.29) is 11.5 Å². The fourth-order valence-corrected chi connectivity index (χ4v) is 5.16. The van der Waals surface area contributed by atoms with Gasteiger partial charge in [-0.2, -0.15) is 5.26 Å². The smallest absolute Gasteiger partial charge is 0.113 e. The number of imidazole rings is 1. The van der Waals surface area contributed by atoms with Crippen LogP contribution >= 0.6 is 0 Å². The Labute approximate surface area is 167 Å². The van der Waals surface area contributed by atoms with E-state index in [1.165, 1.54) is 30.7 Å². The molecule has 3 aliphatic rings. The standard InChI is InChI=1S/C23H30N4O/c1-22(2,3)17-10-15(13-24)11-19-20(17)26-21(27(19)14-16-4-9-28-16)18-12-23(18)5-7-25-8-6-23/h10-11,16,18,25H,4-9,12,14H2,1-3H3/t16-,18?/m0/s1. The summed E-state index contributed by atoms with van der Waals surface area (Å²) in [6.45, 7) is 10.6. The molecule has 1 saturated carbocycles. The molecule has 148 valence electrons. The van der Waals surface area contributed by atoms with E-state index < -0.39 is 0 Å². The van der Waals surface area contributed by atoms with Crippen molar-refractivity contribution in [2.45, 2.75) is 70.4 Å². The Kier molecular flexibility index (Phi) is 4.08. The van der Waals surface area contributed by atoms with Crippen LogP contribution in [-0.2, 0) is 16.7 Å². The van der Waals surface area contributed by atoms with Crippen molar-refractivity contribution in [1.82, 2.24) is 14.9 Å². The van der Waals surface area contributed by atoms with Crippen molar-refractivity contribution >= 4 is 11.0 Å². The molecule has 0 amide bonds. The van der Waals surface area contributed by atoms with Gasteiger partial charge in [0.2, 0.25) is 0 Å². The lowest BCUT2D eigenvalue weighted by atomic mass is 9.85. The molecule has 28 heavy (non-hydrogen) atoms. The van der Waals surface area contributed by atoms with Crippen LogP contribution in [0, 0.1) is 16.7 Å². The SMILES string of the molecule is CC(C)(C)c1cc(C#N)cc2c1nc(C1CC13CCNCC3)n2C[C@@H]1CCO1. The van der Waals surface area contributed by atoms with Gasteiger partial charge in [-0.25, -0.2) is 4.98 Å². The van der Waals surface area contributed by atoms with Crippen LogP contribution < -0.4 is 5.32 Å². The van der Waals surface area contributed by atoms with Crippen LogP contribution in [-0.4, -0.2) is 35.4 Å². The summed E-state index contributed by atoms with van der Waals surface area (Å²) in [5.74, 6) is 1.77. The van der Waals surface area contributed by atoms with Crippen molar-refractivity contribution < 1.29 is 4.74 Å². The molecule has 1 N–H and O–H groups in total. The summed E-state index contributed by atoms with van der Waals surface area (Å²) >= 11 is 0. The lowest BCUT2D eigenvalue weighted by Crippen LogP contribution is -2.32. The van der Waals surface area contributed by atoms with Crippen molar-refractivity contribution in [2.75, 3.05) is 19.7 Å². The second kappa shape index (κ2) is 6.30. The van der Waals surface area contributed by atoms with E-state index in [1.807, 2.05) is 12.1 Å². The van der Waals surface area contributed by atoms with Gasteiger partial charge in [0, 0.05) is 12.5 Å². The van der Waals surface area contributed by atoms with E-state index >= 15 is 0 Å². The van der Waals surface area contributed by atoms with Gasteiger partial charge in [0.15, 0.2) is 0 Å². The summed E-state index contributed by atoms with van der Waals surface area (Å²) in [5, 5.41) is 13.1. The predicted molar refractivity (Wildman–Crippen MR) is 109 cm³/mol. The van der Waals surface area contributed by atoms with Gasteiger partial charge in [-0.15, -0.1) is 0 Å². The number of ether oxygens (including phenoxy) is 1. The van der Waals surface area contributed by atoms with Gasteiger partial charge in [-0.3, -0.25) is 0 Å². The Morgan fingerprint density at radius 3 is 2.68 bits per heavy atom. The van der Waals surface area contributed by atoms with E-state index in [9.17, 15) is 5.26 Å². The van der Waals surface area contributed by atoms with E-state index in [1.54, 1.807) is 0 Å². The molecule has 1 spiro atoms. The summed E-state index contributed by atoms with van der Waals surface area (Å²) < 4.78 is 8.18. The number of rotatable bonds is 3. The van der Waals surface area contributed by atoms with Crippen molar-refractivity contribution in [3.8, 4) is 6.07 Å². The zero-order chi connectivity index (χ0) is 19.5. The number of fused-ring (bicyclic) bond motifs is 1. The zero-order valence-electron chi connectivity index (χ0n) is 17.2. The minimum atomic E-state index is -0.0511. The first-order valence-corrected chi connectivity index (χ1v) is 10.7. The highest BCUT2D eigenvalue weighted by molar-refractivity contribution is 5.83. The molecule has 2 saturated heterocycles. The van der Waals surface area contributed by atoms with Crippen LogP contribution in [0.3, 0.4) is 0 Å². The summed E-state index contributed by atoms with van der Waals surface area (Å²) in [6.07, 6.45) is 5.14. The normalized spacial score (nSPS) is 26.2. The number of benzene rings is 1. The molecule has 5 nitrogen and oxygen atoms in total. The van der Waals surface area contributed by atoms with Crippen molar-refractivity contribution in [1.29, 1.82) is 5.26 Å². The van der Waals surface area contributed by atoms with Gasteiger partial charge < -0.3 is 14.6 Å². The molecule has 5 rings (SSSR count). The third-order valence-electron chi connectivity index (χ3n) is 7.10. The second-order valence-electron chi connectivity index (χ2n) is 9.98. The molecule has 1 aromatic carbocycles. The first kappa shape index (κ1) is 18.1. The third-order valence-corrected chi connectivity index (χ3v) is 7.10. The zero-order valence-corrected chi connectivity index (χ0v) is 17.2. The highest BCUT2D eigenvalue weighted by Crippen LogP contribution is 2.64. The number of hydrogen-bond donors (Lipinski definition) is 1. The molecule has 2 aliphatic heterocycles. The lowest BCUT2D eigenvalue weighted by Gasteiger charge is -2.28. The number of aromatic nitrogens is 2. The molecule has 3 fully saturated rings. The second-order valence-corrected chi connectivity index (χ2v) is 9.98. The number of hydrogen-bond acceptors (Lipinski definition) is 4. The number of nitrogens with one attached hydrogen (secondary N) is 1. The van der Waals surface area contributed by atoms with Gasteiger partial charge in [0.25, 0.3) is 0 Å². The van der Waals surface area contributed by atoms with E-state index in [0.29, 0.717) is 11.3 Å². The monoisotopic (exact) mass is 378 g/mol. The van der Waals surface area contributed by atoms with Crippen LogP contribution in [0.5, 0.6) is 0 Å². The van der Waals surface area contributed by atoms with E-state index in [0.717, 1.165) is 49.3 Å². The summed E-state index contributed by atoms with van der Waals surface area (Å²) in [6, 6.07) is 6.45. The first-order valence-electron chi connectivity index (χ1n) is 10.7. The molecule has 0 bridgehead atoms. The molecular weight excluding hydrogens is 348 g/mol. The molecular formula is C23H30N4O. The molecule has 1 aliphatic carbocycles. The quantitative estimate of drug-likeness (QED) is 0.881. The largest absolute Gasteiger partial charge is 0.376 e. The predicted octanol–water partition coefficient (Wildman–Crippen LogP) is 3.85. The molecule has 1 aromatic heterocycles. The van der Waals surface area contributed by atoms with Crippen LogP contribution in [0.1, 0.15) is 69.3 Å². The molecule has 5 heteroatoms. The van der Waals surface area contributed by atoms with Gasteiger partial charge in [-0.1, -0.05) is 20.8 Å². The summed E-state index contributed by atoms with van der Waals surface area (Å²) in [5.41, 5.74) is 4.49. The topological polar surface area (TPSA) is 62.9 Å². The molecule has 2 aromatic rings. The molecule has 3 heterocycles. The van der Waals surface area contributed by atoms with Crippen molar-refractivity contribution in [3.05, 3.63) is 29.1 Å². The Hall–Kier alpha value is -1.90. The Morgan fingerprint density at radius 1 is 1.32 bits per heavy atom. The summed E-state index contributed by atoms with van der Waals surface area (Å²) in [4.78, 5) is 5.26. The van der Waals surface area contributed by atoms with Crippen LogP contribution in [0.4, 0.5) is 0 Å². The fraction of sp³-hybridized carbons (Fsp3) is 0.652. The number of piperidine rings is 1. The van der Waals surface area contributed by atoms with Crippen LogP contribution in [0.2, 0.25) is 0 Å². The van der Waals surface area contributed by atoms with Gasteiger partial charge in [0.05, 0.1) is 35.3 Å². The lowest BCUT2D eigenvalue weighted by molar-refractivity contribution is -0.0590. The molecule has 0 radical (unpaired) electrons. The van der Waals surface area contributed by atoms with Crippen molar-refractivity contribution in [2.24, 2.45) is 5.41 Å². The van der Waals surface area contributed by atoms with E-state index in [4.69, 9.17) is 9.72 Å². The van der Waals surface area contributed by atoms with Gasteiger partial charge >= 0.3 is 0 Å². The third kappa shape index (κ3) is 2.86. The van der Waals surface area contributed by atoms with Crippen LogP contribution in [0.15, 0.2) is 12.1 Å². The summed E-state index contributed by atoms with van der Waals surface area (Å²) in [7, 11) is 0. The fourth-order valence-electron chi connectivity index (χ4n) is 5.16. The minimum absolute atomic E-state index is 0.0511. The Bertz CT molecular complexity index is 952. The first-order chi connectivity index (χ1) is 13.4. The highest BCUT2D eigenvalue weighted by atomic mass is 16.5. The van der Waals surface area contributed by atoms with Gasteiger partial charge in [0.1, 0.15) is 5.82 Å².